The topological polar surface area (TPSA) is 71.1 Å². The van der Waals surface area contributed by atoms with Crippen LogP contribution in [0.4, 0.5) is 5.69 Å². The number of nitrogens with zero attached hydrogens (tertiary/aromatic N) is 2. The lowest BCUT2D eigenvalue weighted by atomic mass is 10.2. The predicted molar refractivity (Wildman–Crippen MR) is 107 cm³/mol. The Morgan fingerprint density at radius 2 is 1.61 bits per heavy atom. The molecule has 2 amide bonds. The molecule has 1 aliphatic rings. The first-order valence-electron chi connectivity index (χ1n) is 9.19. The first-order valence-corrected chi connectivity index (χ1v) is 9.19. The van der Waals surface area contributed by atoms with Gasteiger partial charge in [-0.2, -0.15) is 0 Å². The Bertz CT molecular complexity index is 815. The van der Waals surface area contributed by atoms with Gasteiger partial charge < -0.3 is 24.6 Å². The average Bonchev–Trinajstić information content (AvgIpc) is 2.77. The highest BCUT2D eigenvalue weighted by Crippen LogP contribution is 2.20. The molecule has 2 aromatic rings. The molecule has 7 heteroatoms. The molecule has 2 aromatic carbocycles. The Morgan fingerprint density at radius 1 is 0.929 bits per heavy atom. The summed E-state index contributed by atoms with van der Waals surface area (Å²) >= 11 is 0. The Morgan fingerprint density at radius 3 is 2.25 bits per heavy atom. The molecule has 0 aliphatic carbocycles. The normalized spacial score (nSPS) is 13.8. The van der Waals surface area contributed by atoms with Crippen molar-refractivity contribution in [3.8, 4) is 11.5 Å². The molecular weight excluding hydrogens is 358 g/mol. The number of hydrogen-bond acceptors (Lipinski definition) is 5. The molecule has 0 aromatic heterocycles. The zero-order valence-electron chi connectivity index (χ0n) is 16.2. The van der Waals surface area contributed by atoms with Gasteiger partial charge in [0.25, 0.3) is 5.91 Å². The number of benzene rings is 2. The number of carbonyl (C=O) groups excluding carboxylic acids is 2. The quantitative estimate of drug-likeness (QED) is 0.823. The van der Waals surface area contributed by atoms with Crippen molar-refractivity contribution in [2.24, 2.45) is 0 Å². The van der Waals surface area contributed by atoms with Crippen LogP contribution in [0.15, 0.2) is 48.5 Å². The highest BCUT2D eigenvalue weighted by atomic mass is 16.5. The molecule has 0 spiro atoms. The second kappa shape index (κ2) is 9.12. The van der Waals surface area contributed by atoms with Crippen molar-refractivity contribution in [1.82, 2.24) is 10.2 Å². The first-order chi connectivity index (χ1) is 13.6. The van der Waals surface area contributed by atoms with E-state index in [1.54, 1.807) is 43.4 Å². The van der Waals surface area contributed by atoms with Crippen molar-refractivity contribution < 1.29 is 19.1 Å². The fourth-order valence-electron chi connectivity index (χ4n) is 3.14. The predicted octanol–water partition coefficient (Wildman–Crippen LogP) is 1.78. The number of ether oxygens (including phenoxy) is 2. The highest BCUT2D eigenvalue weighted by molar-refractivity contribution is 5.96. The number of carbonyl (C=O) groups is 2. The third-order valence-corrected chi connectivity index (χ3v) is 4.80. The van der Waals surface area contributed by atoms with Gasteiger partial charge in [-0.15, -0.1) is 0 Å². The SMILES string of the molecule is COc1ccc(N2CCN(C(=O)CNC(=O)c3cccc(OC)c3)CC2)cc1. The number of nitrogens with one attached hydrogen (secondary N) is 1. The van der Waals surface area contributed by atoms with Crippen LogP contribution in [0.25, 0.3) is 0 Å². The van der Waals surface area contributed by atoms with Gasteiger partial charge in [-0.25, -0.2) is 0 Å². The van der Waals surface area contributed by atoms with Crippen LogP contribution in [0.1, 0.15) is 10.4 Å². The van der Waals surface area contributed by atoms with E-state index in [1.165, 1.54) is 0 Å². The summed E-state index contributed by atoms with van der Waals surface area (Å²) in [4.78, 5) is 28.7. The standard InChI is InChI=1S/C21H25N3O4/c1-27-18-8-6-17(7-9-18)23-10-12-24(13-11-23)20(25)15-22-21(26)16-4-3-5-19(14-16)28-2/h3-9,14H,10-13,15H2,1-2H3,(H,22,26). The molecule has 28 heavy (non-hydrogen) atoms. The minimum atomic E-state index is -0.288. The minimum absolute atomic E-state index is 0.0153. The van der Waals surface area contributed by atoms with E-state index in [1.807, 2.05) is 24.3 Å². The fourth-order valence-corrected chi connectivity index (χ4v) is 3.14. The molecule has 1 heterocycles. The van der Waals surface area contributed by atoms with E-state index in [2.05, 4.69) is 10.2 Å². The summed E-state index contributed by atoms with van der Waals surface area (Å²) in [7, 11) is 3.19. The summed E-state index contributed by atoms with van der Waals surface area (Å²) in [6.07, 6.45) is 0. The second-order valence-corrected chi connectivity index (χ2v) is 6.48. The summed E-state index contributed by atoms with van der Waals surface area (Å²) in [5.41, 5.74) is 1.58. The maximum Gasteiger partial charge on any atom is 0.251 e. The van der Waals surface area contributed by atoms with E-state index in [0.29, 0.717) is 24.4 Å². The lowest BCUT2D eigenvalue weighted by molar-refractivity contribution is -0.130. The number of hydrogen-bond donors (Lipinski definition) is 1. The van der Waals surface area contributed by atoms with Crippen LogP contribution in [0.2, 0.25) is 0 Å². The zero-order valence-corrected chi connectivity index (χ0v) is 16.2. The smallest absolute Gasteiger partial charge is 0.251 e. The van der Waals surface area contributed by atoms with Gasteiger partial charge in [0.1, 0.15) is 11.5 Å². The summed E-state index contributed by atoms with van der Waals surface area (Å²) in [6.45, 7) is 2.74. The van der Waals surface area contributed by atoms with Gasteiger partial charge in [-0.05, 0) is 42.5 Å². The lowest BCUT2D eigenvalue weighted by Gasteiger charge is -2.36. The van der Waals surface area contributed by atoms with Crippen LogP contribution < -0.4 is 19.7 Å². The van der Waals surface area contributed by atoms with Gasteiger partial charge in [0.2, 0.25) is 5.91 Å². The van der Waals surface area contributed by atoms with Crippen LogP contribution in [0.5, 0.6) is 11.5 Å². The largest absolute Gasteiger partial charge is 0.497 e. The molecular formula is C21H25N3O4. The minimum Gasteiger partial charge on any atom is -0.497 e. The van der Waals surface area contributed by atoms with Gasteiger partial charge in [0.15, 0.2) is 0 Å². The number of rotatable bonds is 6. The van der Waals surface area contributed by atoms with Crippen LogP contribution in [0, 0.1) is 0 Å². The van der Waals surface area contributed by atoms with Crippen molar-refractivity contribution >= 4 is 17.5 Å². The molecule has 0 unspecified atom stereocenters. The van der Waals surface area contributed by atoms with Crippen LogP contribution in [0.3, 0.4) is 0 Å². The molecule has 0 radical (unpaired) electrons. The van der Waals surface area contributed by atoms with Crippen LogP contribution in [-0.2, 0) is 4.79 Å². The summed E-state index contributed by atoms with van der Waals surface area (Å²) in [5.74, 6) is 1.06. The van der Waals surface area contributed by atoms with Crippen LogP contribution in [-0.4, -0.2) is 63.7 Å². The van der Waals surface area contributed by atoms with E-state index in [9.17, 15) is 9.59 Å². The van der Waals surface area contributed by atoms with Crippen molar-refractivity contribution in [2.45, 2.75) is 0 Å². The monoisotopic (exact) mass is 383 g/mol. The molecule has 0 bridgehead atoms. The molecule has 0 saturated carbocycles. The molecule has 0 atom stereocenters. The van der Waals surface area contributed by atoms with Crippen LogP contribution >= 0.6 is 0 Å². The van der Waals surface area contributed by atoms with E-state index in [4.69, 9.17) is 9.47 Å². The van der Waals surface area contributed by atoms with E-state index in [-0.39, 0.29) is 18.4 Å². The van der Waals surface area contributed by atoms with Gasteiger partial charge in [-0.1, -0.05) is 6.07 Å². The third-order valence-electron chi connectivity index (χ3n) is 4.80. The van der Waals surface area contributed by atoms with Crippen molar-refractivity contribution in [2.75, 3.05) is 51.8 Å². The van der Waals surface area contributed by atoms with Gasteiger partial charge >= 0.3 is 0 Å². The van der Waals surface area contributed by atoms with E-state index in [0.717, 1.165) is 24.5 Å². The average molecular weight is 383 g/mol. The van der Waals surface area contributed by atoms with Gasteiger partial charge in [0, 0.05) is 37.4 Å². The van der Waals surface area contributed by atoms with Crippen molar-refractivity contribution in [1.29, 1.82) is 0 Å². The molecule has 1 saturated heterocycles. The fraction of sp³-hybridized carbons (Fsp3) is 0.333. The second-order valence-electron chi connectivity index (χ2n) is 6.48. The molecule has 3 rings (SSSR count). The number of methoxy groups -OCH3 is 2. The van der Waals surface area contributed by atoms with E-state index >= 15 is 0 Å². The summed E-state index contributed by atoms with van der Waals surface area (Å²) in [6, 6.07) is 14.7. The van der Waals surface area contributed by atoms with E-state index < -0.39 is 0 Å². The lowest BCUT2D eigenvalue weighted by Crippen LogP contribution is -2.51. The summed E-state index contributed by atoms with van der Waals surface area (Å²) < 4.78 is 10.3. The number of piperazine rings is 1. The molecule has 1 aliphatic heterocycles. The first kappa shape index (κ1) is 19.5. The Kier molecular flexibility index (Phi) is 6.37. The maximum atomic E-state index is 12.4. The Labute approximate surface area is 164 Å². The van der Waals surface area contributed by atoms with Gasteiger partial charge in [0.05, 0.1) is 20.8 Å². The number of anilines is 1. The molecule has 1 fully saturated rings. The zero-order chi connectivity index (χ0) is 19.9. The molecule has 1 N–H and O–H groups in total. The Hall–Kier alpha value is -3.22. The molecule has 7 nitrogen and oxygen atoms in total. The molecule has 148 valence electrons. The summed E-state index contributed by atoms with van der Waals surface area (Å²) in [5, 5.41) is 2.69. The van der Waals surface area contributed by atoms with Crippen molar-refractivity contribution in [3.05, 3.63) is 54.1 Å². The van der Waals surface area contributed by atoms with Gasteiger partial charge in [-0.3, -0.25) is 9.59 Å². The van der Waals surface area contributed by atoms with Crippen molar-refractivity contribution in [3.63, 3.8) is 0 Å². The maximum absolute atomic E-state index is 12.4. The third kappa shape index (κ3) is 4.73. The Balaban J connectivity index is 1.47. The highest BCUT2D eigenvalue weighted by Gasteiger charge is 2.21. The number of amides is 2.